The van der Waals surface area contributed by atoms with E-state index >= 15 is 0 Å². The van der Waals surface area contributed by atoms with Crippen LogP contribution in [0.3, 0.4) is 0 Å². The molecule has 0 saturated carbocycles. The van der Waals surface area contributed by atoms with Crippen LogP contribution in [0.15, 0.2) is 42.5 Å². The van der Waals surface area contributed by atoms with Gasteiger partial charge in [-0.3, -0.25) is 4.79 Å². The second-order valence-electron chi connectivity index (χ2n) is 4.39. The highest BCUT2D eigenvalue weighted by molar-refractivity contribution is 6.07. The highest BCUT2D eigenvalue weighted by Crippen LogP contribution is 2.23. The van der Waals surface area contributed by atoms with E-state index in [2.05, 4.69) is 0 Å². The maximum absolute atomic E-state index is 13.2. The number of rotatable bonds is 2. The van der Waals surface area contributed by atoms with Crippen LogP contribution >= 0.6 is 0 Å². The Morgan fingerprint density at radius 3 is 2.53 bits per heavy atom. The standard InChI is InChI=1S/C15H15FN2O/c1-10-9-11(7-8-12(10)16)15(19)18(2)14-6-4-3-5-13(14)17/h3-9H,17H2,1-2H3. The van der Waals surface area contributed by atoms with E-state index in [4.69, 9.17) is 5.73 Å². The minimum atomic E-state index is -0.321. The van der Waals surface area contributed by atoms with Crippen molar-refractivity contribution in [1.82, 2.24) is 0 Å². The van der Waals surface area contributed by atoms with Gasteiger partial charge in [-0.15, -0.1) is 0 Å². The van der Waals surface area contributed by atoms with Crippen molar-refractivity contribution in [3.63, 3.8) is 0 Å². The molecule has 2 N–H and O–H groups in total. The van der Waals surface area contributed by atoms with Gasteiger partial charge in [-0.05, 0) is 42.8 Å². The maximum atomic E-state index is 13.2. The third-order valence-corrected chi connectivity index (χ3v) is 3.01. The van der Waals surface area contributed by atoms with Crippen LogP contribution in [0.5, 0.6) is 0 Å². The normalized spacial score (nSPS) is 10.3. The number of carbonyl (C=O) groups is 1. The predicted molar refractivity (Wildman–Crippen MR) is 74.7 cm³/mol. The average molecular weight is 258 g/mol. The van der Waals surface area contributed by atoms with E-state index in [9.17, 15) is 9.18 Å². The molecule has 0 spiro atoms. The number of halogens is 1. The van der Waals surface area contributed by atoms with E-state index in [1.54, 1.807) is 32.2 Å². The topological polar surface area (TPSA) is 46.3 Å². The number of anilines is 2. The molecule has 98 valence electrons. The van der Waals surface area contributed by atoms with Gasteiger partial charge in [-0.2, -0.15) is 0 Å². The first kappa shape index (κ1) is 13.1. The molecule has 0 radical (unpaired) electrons. The van der Waals surface area contributed by atoms with Gasteiger partial charge in [-0.25, -0.2) is 4.39 Å². The van der Waals surface area contributed by atoms with Gasteiger partial charge >= 0.3 is 0 Å². The molecule has 1 amide bonds. The number of benzene rings is 2. The minimum absolute atomic E-state index is 0.221. The Hall–Kier alpha value is -2.36. The zero-order chi connectivity index (χ0) is 14.0. The lowest BCUT2D eigenvalue weighted by molar-refractivity contribution is 0.0993. The molecule has 0 bridgehead atoms. The largest absolute Gasteiger partial charge is 0.397 e. The number of amides is 1. The molecular weight excluding hydrogens is 243 g/mol. The smallest absolute Gasteiger partial charge is 0.258 e. The number of nitrogens with two attached hydrogens (primary N) is 1. The summed E-state index contributed by atoms with van der Waals surface area (Å²) in [5.74, 6) is -0.542. The number of hydrogen-bond acceptors (Lipinski definition) is 2. The second kappa shape index (κ2) is 5.10. The van der Waals surface area contributed by atoms with Crippen LogP contribution in [-0.4, -0.2) is 13.0 Å². The third kappa shape index (κ3) is 2.57. The van der Waals surface area contributed by atoms with Gasteiger partial charge in [-0.1, -0.05) is 12.1 Å². The quantitative estimate of drug-likeness (QED) is 0.842. The summed E-state index contributed by atoms with van der Waals surface area (Å²) in [6.07, 6.45) is 0. The molecule has 0 aliphatic rings. The van der Waals surface area contributed by atoms with Crippen molar-refractivity contribution < 1.29 is 9.18 Å². The molecule has 0 saturated heterocycles. The van der Waals surface area contributed by atoms with Gasteiger partial charge in [0.25, 0.3) is 5.91 Å². The Kier molecular flexibility index (Phi) is 3.51. The molecule has 19 heavy (non-hydrogen) atoms. The van der Waals surface area contributed by atoms with Crippen molar-refractivity contribution >= 4 is 17.3 Å². The lowest BCUT2D eigenvalue weighted by Gasteiger charge is -2.19. The molecule has 4 heteroatoms. The molecule has 0 aliphatic heterocycles. The zero-order valence-electron chi connectivity index (χ0n) is 10.9. The highest BCUT2D eigenvalue weighted by atomic mass is 19.1. The molecule has 0 atom stereocenters. The number of aryl methyl sites for hydroxylation is 1. The summed E-state index contributed by atoms with van der Waals surface area (Å²) in [4.78, 5) is 13.8. The number of nitrogen functional groups attached to an aromatic ring is 1. The van der Waals surface area contributed by atoms with Crippen LogP contribution in [0.25, 0.3) is 0 Å². The lowest BCUT2D eigenvalue weighted by atomic mass is 10.1. The van der Waals surface area contributed by atoms with Crippen molar-refractivity contribution in [3.8, 4) is 0 Å². The fraction of sp³-hybridized carbons (Fsp3) is 0.133. The molecule has 3 nitrogen and oxygen atoms in total. The molecule has 0 unspecified atom stereocenters. The third-order valence-electron chi connectivity index (χ3n) is 3.01. The molecule has 0 aromatic heterocycles. The van der Waals surface area contributed by atoms with Crippen LogP contribution in [0.4, 0.5) is 15.8 Å². The fourth-order valence-corrected chi connectivity index (χ4v) is 1.87. The number of nitrogens with zero attached hydrogens (tertiary/aromatic N) is 1. The van der Waals surface area contributed by atoms with Gasteiger partial charge in [0.1, 0.15) is 5.82 Å². The molecular formula is C15H15FN2O. The van der Waals surface area contributed by atoms with Gasteiger partial charge in [0.2, 0.25) is 0 Å². The van der Waals surface area contributed by atoms with Gasteiger partial charge in [0.05, 0.1) is 11.4 Å². The molecule has 2 rings (SSSR count). The number of carbonyl (C=O) groups excluding carboxylic acids is 1. The molecule has 0 heterocycles. The average Bonchev–Trinajstić information content (AvgIpc) is 2.41. The van der Waals surface area contributed by atoms with Crippen molar-refractivity contribution in [2.24, 2.45) is 0 Å². The minimum Gasteiger partial charge on any atom is -0.397 e. The van der Waals surface area contributed by atoms with E-state index in [1.807, 2.05) is 6.07 Å². The van der Waals surface area contributed by atoms with Crippen LogP contribution in [0, 0.1) is 12.7 Å². The number of para-hydroxylation sites is 2. The Bertz CT molecular complexity index is 625. The van der Waals surface area contributed by atoms with E-state index in [0.29, 0.717) is 22.5 Å². The van der Waals surface area contributed by atoms with Gasteiger partial charge < -0.3 is 10.6 Å². The summed E-state index contributed by atoms with van der Waals surface area (Å²) in [5, 5.41) is 0. The molecule has 0 fully saturated rings. The van der Waals surface area contributed by atoms with E-state index < -0.39 is 0 Å². The first-order valence-electron chi connectivity index (χ1n) is 5.89. The predicted octanol–water partition coefficient (Wildman–Crippen LogP) is 2.99. The summed E-state index contributed by atoms with van der Waals surface area (Å²) in [5.41, 5.74) is 7.88. The van der Waals surface area contributed by atoms with E-state index in [0.717, 1.165) is 0 Å². The van der Waals surface area contributed by atoms with Crippen molar-refractivity contribution in [2.75, 3.05) is 17.7 Å². The van der Waals surface area contributed by atoms with E-state index in [-0.39, 0.29) is 11.7 Å². The summed E-state index contributed by atoms with van der Waals surface area (Å²) >= 11 is 0. The van der Waals surface area contributed by atoms with Crippen molar-refractivity contribution in [3.05, 3.63) is 59.4 Å². The van der Waals surface area contributed by atoms with Crippen LogP contribution < -0.4 is 10.6 Å². The first-order chi connectivity index (χ1) is 9.00. The zero-order valence-corrected chi connectivity index (χ0v) is 10.9. The van der Waals surface area contributed by atoms with Crippen LogP contribution in [-0.2, 0) is 0 Å². The van der Waals surface area contributed by atoms with Crippen LogP contribution in [0.1, 0.15) is 15.9 Å². The Morgan fingerprint density at radius 1 is 1.21 bits per heavy atom. The van der Waals surface area contributed by atoms with Crippen LogP contribution in [0.2, 0.25) is 0 Å². The van der Waals surface area contributed by atoms with Gasteiger partial charge in [0.15, 0.2) is 0 Å². The number of hydrogen-bond donors (Lipinski definition) is 1. The summed E-state index contributed by atoms with van der Waals surface area (Å²) in [6, 6.07) is 11.4. The molecule has 0 aliphatic carbocycles. The first-order valence-corrected chi connectivity index (χ1v) is 5.89. The summed E-state index contributed by atoms with van der Waals surface area (Å²) in [7, 11) is 1.65. The maximum Gasteiger partial charge on any atom is 0.258 e. The Morgan fingerprint density at radius 2 is 1.89 bits per heavy atom. The van der Waals surface area contributed by atoms with E-state index in [1.165, 1.54) is 23.1 Å². The van der Waals surface area contributed by atoms with Crippen molar-refractivity contribution in [1.29, 1.82) is 0 Å². The SMILES string of the molecule is Cc1cc(C(=O)N(C)c2ccccc2N)ccc1F. The monoisotopic (exact) mass is 258 g/mol. The Balaban J connectivity index is 2.34. The Labute approximate surface area is 111 Å². The van der Waals surface area contributed by atoms with Gasteiger partial charge in [0, 0.05) is 12.6 Å². The fourth-order valence-electron chi connectivity index (χ4n) is 1.87. The van der Waals surface area contributed by atoms with Crippen molar-refractivity contribution in [2.45, 2.75) is 6.92 Å². The molecule has 2 aromatic carbocycles. The summed E-state index contributed by atoms with van der Waals surface area (Å²) in [6.45, 7) is 1.63. The second-order valence-corrected chi connectivity index (χ2v) is 4.39. The molecule has 2 aromatic rings. The lowest BCUT2D eigenvalue weighted by Crippen LogP contribution is -2.27. The summed E-state index contributed by atoms with van der Waals surface area (Å²) < 4.78 is 13.2. The highest BCUT2D eigenvalue weighted by Gasteiger charge is 2.16.